The summed E-state index contributed by atoms with van der Waals surface area (Å²) in [6, 6.07) is 0. The first-order valence-electron chi connectivity index (χ1n) is 0.200. The van der Waals surface area contributed by atoms with Gasteiger partial charge in [0.15, 0.2) is 0 Å². The van der Waals surface area contributed by atoms with Gasteiger partial charge in [-0.1, -0.05) is 0 Å². The summed E-state index contributed by atoms with van der Waals surface area (Å²) >= 11 is 0. The van der Waals surface area contributed by atoms with Gasteiger partial charge in [0, 0.05) is 22.4 Å². The normalized spacial score (nSPS) is 1.20. The zero-order valence-corrected chi connectivity index (χ0v) is 5.46. The van der Waals surface area contributed by atoms with E-state index in [1.165, 1.54) is 0 Å². The van der Waals surface area contributed by atoms with Crippen molar-refractivity contribution in [2.45, 2.75) is 0 Å². The summed E-state index contributed by atoms with van der Waals surface area (Å²) in [5.41, 5.74) is 0. The predicted octanol–water partition coefficient (Wildman–Crippen LogP) is 0.463. The van der Waals surface area contributed by atoms with E-state index in [1.54, 1.807) is 0 Å². The summed E-state index contributed by atoms with van der Waals surface area (Å²) in [6.45, 7) is 0. The second kappa shape index (κ2) is 53.3. The Balaban J connectivity index is -0.00000000167. The van der Waals surface area contributed by atoms with E-state index < -0.39 is 0 Å². The van der Waals surface area contributed by atoms with E-state index in [9.17, 15) is 0 Å². The molecule has 0 saturated heterocycles. The molecule has 1 radical (unpaired) electrons. The molecule has 5 heavy (non-hydrogen) atoms. The summed E-state index contributed by atoms with van der Waals surface area (Å²) in [6.07, 6.45) is 0. The minimum Gasteiger partial charge on any atom is -0.358 e. The van der Waals surface area contributed by atoms with E-state index in [0.717, 1.165) is 0 Å². The fourth-order valence-corrected chi connectivity index (χ4v) is 0. The van der Waals surface area contributed by atoms with Crippen molar-refractivity contribution in [1.82, 2.24) is 0 Å². The summed E-state index contributed by atoms with van der Waals surface area (Å²) in [5.74, 6) is 0. The molecule has 0 atom stereocenters. The van der Waals surface area contributed by atoms with Crippen molar-refractivity contribution in [1.29, 1.82) is 0 Å². The molecular weight excluding hydrogens is 260 g/mol. The van der Waals surface area contributed by atoms with Crippen LogP contribution in [-0.4, -0.2) is 10.5 Å². The van der Waals surface area contributed by atoms with Crippen LogP contribution in [0.25, 0.3) is 0 Å². The molecule has 0 saturated carbocycles. The smallest absolute Gasteiger partial charge is 0.358 e. The zero-order valence-electron chi connectivity index (χ0n) is 2.50. The number of rotatable bonds is 0. The van der Waals surface area contributed by atoms with Crippen molar-refractivity contribution in [3.63, 3.8) is 0 Å². The fraction of sp³-hybridized carbons (Fsp3) is 0. The molecule has 4 heteroatoms. The van der Waals surface area contributed by atoms with Crippen LogP contribution in [0, 0.1) is 7.43 Å². The van der Waals surface area contributed by atoms with Gasteiger partial charge in [-0.2, -0.15) is 0 Å². The maximum absolute atomic E-state index is 6.00. The Morgan fingerprint density at radius 3 is 1.00 bits per heavy atom. The maximum Gasteiger partial charge on any atom is 1.00 e. The monoisotopic (exact) mass is 263 g/mol. The fourth-order valence-electron chi connectivity index (χ4n) is 0. The first-order valence-corrected chi connectivity index (χ1v) is 0.200. The van der Waals surface area contributed by atoms with Crippen LogP contribution in [0.3, 0.4) is 0 Å². The Bertz CT molecular complexity index is 7.61. The van der Waals surface area contributed by atoms with E-state index in [0.29, 0.717) is 0 Å². The topological polar surface area (TPSA) is 40.5 Å². The maximum atomic E-state index is 6.00. The van der Waals surface area contributed by atoms with Gasteiger partial charge in [0.25, 0.3) is 0 Å². The van der Waals surface area contributed by atoms with Crippen molar-refractivity contribution < 1.29 is 55.3 Å². The molecule has 0 rings (SSSR count). The van der Waals surface area contributed by atoms with Gasteiger partial charge in [0.1, 0.15) is 0 Å². The van der Waals surface area contributed by atoms with Gasteiger partial charge in [-0.15, -0.1) is 0 Å². The van der Waals surface area contributed by atoms with Crippen LogP contribution < -0.4 is 0 Å². The summed E-state index contributed by atoms with van der Waals surface area (Å²) < 4.78 is 0. The van der Waals surface area contributed by atoms with Crippen molar-refractivity contribution in [2.75, 3.05) is 0 Å². The molecular formula is CH5Ag2O2. The molecule has 0 aliphatic rings. The molecule has 0 aromatic rings. The van der Waals surface area contributed by atoms with Crippen molar-refractivity contribution >= 4 is 0 Å². The summed E-state index contributed by atoms with van der Waals surface area (Å²) in [4.78, 5) is 0. The molecule has 2 nitrogen and oxygen atoms in total. The standard InChI is InChI=1S/CH3.2Ag.H2O2/c;;;1-2/h1H3;;;1-2H/q-1;;+1;. The largest absolute Gasteiger partial charge is 1.00 e. The molecule has 0 amide bonds. The van der Waals surface area contributed by atoms with Crippen LogP contribution in [0.1, 0.15) is 0 Å². The molecule has 0 aromatic carbocycles. The Kier molecular flexibility index (Phi) is 345. The van der Waals surface area contributed by atoms with E-state index in [-0.39, 0.29) is 52.2 Å². The van der Waals surface area contributed by atoms with Gasteiger partial charge in [-0.25, -0.2) is 0 Å². The number of hydrogen-bond donors (Lipinski definition) is 2. The first kappa shape index (κ1) is 32.4. The van der Waals surface area contributed by atoms with Gasteiger partial charge < -0.3 is 7.43 Å². The molecule has 0 fully saturated rings. The molecule has 2 N–H and O–H groups in total. The third-order valence-electron chi connectivity index (χ3n) is 0. The van der Waals surface area contributed by atoms with Crippen LogP contribution in [0.4, 0.5) is 0 Å². The Labute approximate surface area is 62.5 Å². The van der Waals surface area contributed by atoms with E-state index >= 15 is 0 Å². The third kappa shape index (κ3) is 31.8. The summed E-state index contributed by atoms with van der Waals surface area (Å²) in [7, 11) is 0. The van der Waals surface area contributed by atoms with E-state index in [1.807, 2.05) is 0 Å². The molecule has 0 aliphatic heterocycles. The summed E-state index contributed by atoms with van der Waals surface area (Å²) in [5, 5.41) is 12.0. The molecule has 0 aliphatic carbocycles. The Morgan fingerprint density at radius 2 is 1.00 bits per heavy atom. The Morgan fingerprint density at radius 1 is 1.00 bits per heavy atom. The van der Waals surface area contributed by atoms with Crippen LogP contribution in [0.5, 0.6) is 0 Å². The predicted molar refractivity (Wildman–Crippen MR) is 11.7 cm³/mol. The van der Waals surface area contributed by atoms with E-state index in [4.69, 9.17) is 10.5 Å². The average Bonchev–Trinajstić information content (AvgIpc) is 1.00. The van der Waals surface area contributed by atoms with Crippen LogP contribution in [-0.2, 0) is 44.8 Å². The van der Waals surface area contributed by atoms with Crippen LogP contribution in [0.2, 0.25) is 0 Å². The van der Waals surface area contributed by atoms with Gasteiger partial charge in [0.05, 0.1) is 0 Å². The molecule has 0 bridgehead atoms. The van der Waals surface area contributed by atoms with Gasteiger partial charge in [-0.05, 0) is 0 Å². The average molecular weight is 265 g/mol. The molecule has 0 aromatic heterocycles. The van der Waals surface area contributed by atoms with Crippen LogP contribution in [0.15, 0.2) is 0 Å². The third-order valence-corrected chi connectivity index (χ3v) is 0. The minimum absolute atomic E-state index is 0. The van der Waals surface area contributed by atoms with Crippen molar-refractivity contribution in [3.05, 3.63) is 7.43 Å². The van der Waals surface area contributed by atoms with Gasteiger partial charge >= 0.3 is 22.4 Å². The van der Waals surface area contributed by atoms with Crippen LogP contribution >= 0.6 is 0 Å². The number of hydrogen-bond acceptors (Lipinski definition) is 2. The van der Waals surface area contributed by atoms with Crippen molar-refractivity contribution in [3.8, 4) is 0 Å². The minimum atomic E-state index is 0. The molecule has 0 unspecified atom stereocenters. The SMILES string of the molecule is OO.[Ag+].[Ag].[CH3-]. The quantitative estimate of drug-likeness (QED) is 0.289. The Hall–Kier alpha value is 1.40. The van der Waals surface area contributed by atoms with E-state index in [2.05, 4.69) is 0 Å². The second-order valence-electron chi connectivity index (χ2n) is 0. The van der Waals surface area contributed by atoms with Gasteiger partial charge in [0.2, 0.25) is 0 Å². The first-order chi connectivity index (χ1) is 1.00. The molecule has 0 heterocycles. The van der Waals surface area contributed by atoms with Crippen molar-refractivity contribution in [2.24, 2.45) is 0 Å². The molecule has 43 valence electrons. The second-order valence-corrected chi connectivity index (χ2v) is 0. The van der Waals surface area contributed by atoms with Gasteiger partial charge in [-0.3, -0.25) is 10.5 Å². The zero-order chi connectivity index (χ0) is 2.00. The molecule has 0 spiro atoms.